The zero-order chi connectivity index (χ0) is 11.3. The number of alkyl halides is 1. The summed E-state index contributed by atoms with van der Waals surface area (Å²) in [7, 11) is 0. The van der Waals surface area contributed by atoms with E-state index < -0.39 is 0 Å². The Hall–Kier alpha value is -0.900. The lowest BCUT2D eigenvalue weighted by molar-refractivity contribution is 0.285. The van der Waals surface area contributed by atoms with Gasteiger partial charge in [0.2, 0.25) is 0 Å². The Morgan fingerprint density at radius 2 is 1.67 bits per heavy atom. The first kappa shape index (κ1) is 12.2. The van der Waals surface area contributed by atoms with Gasteiger partial charge in [0.15, 0.2) is 11.5 Å². The van der Waals surface area contributed by atoms with Gasteiger partial charge in [0.05, 0.1) is 13.2 Å². The van der Waals surface area contributed by atoms with Crippen LogP contribution in [0.15, 0.2) is 12.1 Å². The van der Waals surface area contributed by atoms with Gasteiger partial charge in [0.25, 0.3) is 0 Å². The molecule has 1 aromatic carbocycles. The zero-order valence-electron chi connectivity index (χ0n) is 8.92. The molecule has 0 aliphatic carbocycles. The molecule has 84 valence electrons. The van der Waals surface area contributed by atoms with Gasteiger partial charge in [0.1, 0.15) is 5.75 Å². The molecule has 0 fully saturated rings. The number of ether oxygens (including phenoxy) is 2. The van der Waals surface area contributed by atoms with Crippen molar-refractivity contribution in [3.8, 4) is 17.2 Å². The molecule has 1 N–H and O–H groups in total. The Morgan fingerprint density at radius 1 is 1.13 bits per heavy atom. The van der Waals surface area contributed by atoms with Gasteiger partial charge in [-0.15, -0.1) is 0 Å². The number of phenolic OH excluding ortho intramolecular Hbond substituents is 1. The Balaban J connectivity index is 3.07. The second-order valence-corrected chi connectivity index (χ2v) is 3.49. The second kappa shape index (κ2) is 5.85. The maximum Gasteiger partial charge on any atom is 0.164 e. The summed E-state index contributed by atoms with van der Waals surface area (Å²) in [6.07, 6.45) is 0. The van der Waals surface area contributed by atoms with Crippen molar-refractivity contribution in [3.63, 3.8) is 0 Å². The van der Waals surface area contributed by atoms with Gasteiger partial charge in [-0.05, 0) is 19.9 Å². The lowest BCUT2D eigenvalue weighted by atomic mass is 10.2. The molecule has 0 bridgehead atoms. The van der Waals surface area contributed by atoms with Crippen molar-refractivity contribution < 1.29 is 14.6 Å². The van der Waals surface area contributed by atoms with Crippen LogP contribution in [0.25, 0.3) is 0 Å². The molecule has 0 aliphatic heterocycles. The highest BCUT2D eigenvalue weighted by Crippen LogP contribution is 2.35. The van der Waals surface area contributed by atoms with E-state index in [1.807, 2.05) is 13.8 Å². The molecule has 4 heteroatoms. The minimum absolute atomic E-state index is 0.221. The molecular weight excluding hydrogens is 260 g/mol. The normalized spacial score (nSPS) is 10.1. The van der Waals surface area contributed by atoms with Crippen LogP contribution < -0.4 is 9.47 Å². The largest absolute Gasteiger partial charge is 0.507 e. The third-order valence-corrected chi connectivity index (χ3v) is 2.49. The van der Waals surface area contributed by atoms with Gasteiger partial charge in [0, 0.05) is 17.0 Å². The average Bonchev–Trinajstić information content (AvgIpc) is 2.22. The molecule has 0 spiro atoms. The van der Waals surface area contributed by atoms with Gasteiger partial charge in [-0.2, -0.15) is 0 Å². The number of benzene rings is 1. The number of hydrogen-bond donors (Lipinski definition) is 1. The molecule has 1 rings (SSSR count). The van der Waals surface area contributed by atoms with E-state index in [1.165, 1.54) is 0 Å². The quantitative estimate of drug-likeness (QED) is 0.839. The van der Waals surface area contributed by atoms with Gasteiger partial charge >= 0.3 is 0 Å². The molecule has 15 heavy (non-hydrogen) atoms. The molecule has 0 saturated heterocycles. The summed E-state index contributed by atoms with van der Waals surface area (Å²) in [6.45, 7) is 4.93. The molecule has 1 aromatic rings. The highest BCUT2D eigenvalue weighted by Gasteiger charge is 2.10. The van der Waals surface area contributed by atoms with Crippen LogP contribution in [0.4, 0.5) is 0 Å². The van der Waals surface area contributed by atoms with Gasteiger partial charge in [-0.3, -0.25) is 0 Å². The van der Waals surface area contributed by atoms with Crippen molar-refractivity contribution in [2.45, 2.75) is 19.2 Å². The van der Waals surface area contributed by atoms with Crippen molar-refractivity contribution in [3.05, 3.63) is 17.7 Å². The monoisotopic (exact) mass is 274 g/mol. The van der Waals surface area contributed by atoms with E-state index in [1.54, 1.807) is 12.1 Å². The summed E-state index contributed by atoms with van der Waals surface area (Å²) in [5, 5.41) is 10.2. The summed E-state index contributed by atoms with van der Waals surface area (Å²) in [5.74, 6) is 1.48. The number of rotatable bonds is 5. The fraction of sp³-hybridized carbons (Fsp3) is 0.455. The number of aromatic hydroxyl groups is 1. The highest BCUT2D eigenvalue weighted by molar-refractivity contribution is 9.08. The maximum absolute atomic E-state index is 9.65. The minimum Gasteiger partial charge on any atom is -0.507 e. The van der Waals surface area contributed by atoms with Crippen molar-refractivity contribution >= 4 is 15.9 Å². The number of hydrogen-bond acceptors (Lipinski definition) is 3. The fourth-order valence-electron chi connectivity index (χ4n) is 1.23. The second-order valence-electron chi connectivity index (χ2n) is 2.93. The zero-order valence-corrected chi connectivity index (χ0v) is 10.5. The average molecular weight is 275 g/mol. The van der Waals surface area contributed by atoms with E-state index >= 15 is 0 Å². The number of phenols is 1. The van der Waals surface area contributed by atoms with Gasteiger partial charge in [-0.1, -0.05) is 15.9 Å². The first-order valence-electron chi connectivity index (χ1n) is 4.90. The summed E-state index contributed by atoms with van der Waals surface area (Å²) < 4.78 is 10.8. The fourth-order valence-corrected chi connectivity index (χ4v) is 1.68. The van der Waals surface area contributed by atoms with E-state index in [9.17, 15) is 5.11 Å². The molecule has 0 heterocycles. The van der Waals surface area contributed by atoms with E-state index in [2.05, 4.69) is 15.9 Å². The van der Waals surface area contributed by atoms with E-state index in [0.29, 0.717) is 30.0 Å². The van der Waals surface area contributed by atoms with E-state index in [4.69, 9.17) is 9.47 Å². The predicted octanol–water partition coefficient (Wildman–Crippen LogP) is 3.08. The molecule has 0 unspecified atom stereocenters. The van der Waals surface area contributed by atoms with Crippen molar-refractivity contribution in [1.29, 1.82) is 0 Å². The summed E-state index contributed by atoms with van der Waals surface area (Å²) >= 11 is 3.30. The molecule has 0 aromatic heterocycles. The molecular formula is C11H15BrO3. The lowest BCUT2D eigenvalue weighted by Gasteiger charge is -2.12. The standard InChI is InChI=1S/C11H15BrO3/c1-3-14-10-5-8(7-12)9(13)6-11(10)15-4-2/h5-6,13H,3-4,7H2,1-2H3. The third kappa shape index (κ3) is 3.02. The van der Waals surface area contributed by atoms with Crippen LogP contribution in [-0.4, -0.2) is 18.3 Å². The molecule has 0 radical (unpaired) electrons. The van der Waals surface area contributed by atoms with E-state index in [0.717, 1.165) is 5.56 Å². The first-order chi connectivity index (χ1) is 7.22. The van der Waals surface area contributed by atoms with Crippen molar-refractivity contribution in [2.75, 3.05) is 13.2 Å². The number of halogens is 1. The summed E-state index contributed by atoms with van der Waals surface area (Å²) in [5.41, 5.74) is 0.793. The van der Waals surface area contributed by atoms with Crippen LogP contribution in [0.2, 0.25) is 0 Å². The van der Waals surface area contributed by atoms with E-state index in [-0.39, 0.29) is 5.75 Å². The molecule has 0 saturated carbocycles. The molecule has 0 aliphatic rings. The predicted molar refractivity (Wildman–Crippen MR) is 63.1 cm³/mol. The SMILES string of the molecule is CCOc1cc(O)c(CBr)cc1OCC. The highest BCUT2D eigenvalue weighted by atomic mass is 79.9. The maximum atomic E-state index is 9.65. The van der Waals surface area contributed by atoms with Crippen LogP contribution in [0.5, 0.6) is 17.2 Å². The van der Waals surface area contributed by atoms with Gasteiger partial charge in [-0.25, -0.2) is 0 Å². The molecule has 0 atom stereocenters. The minimum atomic E-state index is 0.221. The Kier molecular flexibility index (Phi) is 4.75. The Labute approximate surface area is 98.1 Å². The van der Waals surface area contributed by atoms with Crippen LogP contribution in [0.1, 0.15) is 19.4 Å². The van der Waals surface area contributed by atoms with Crippen LogP contribution in [0, 0.1) is 0 Å². The third-order valence-electron chi connectivity index (χ3n) is 1.89. The molecule has 0 amide bonds. The van der Waals surface area contributed by atoms with Gasteiger partial charge < -0.3 is 14.6 Å². The summed E-state index contributed by atoms with van der Waals surface area (Å²) in [6, 6.07) is 3.38. The van der Waals surface area contributed by atoms with Crippen LogP contribution in [-0.2, 0) is 5.33 Å². The van der Waals surface area contributed by atoms with Crippen LogP contribution in [0.3, 0.4) is 0 Å². The lowest BCUT2D eigenvalue weighted by Crippen LogP contribution is -1.99. The first-order valence-corrected chi connectivity index (χ1v) is 6.02. The van der Waals surface area contributed by atoms with Crippen molar-refractivity contribution in [2.24, 2.45) is 0 Å². The molecule has 3 nitrogen and oxygen atoms in total. The topological polar surface area (TPSA) is 38.7 Å². The van der Waals surface area contributed by atoms with Crippen molar-refractivity contribution in [1.82, 2.24) is 0 Å². The van der Waals surface area contributed by atoms with Crippen LogP contribution >= 0.6 is 15.9 Å². The smallest absolute Gasteiger partial charge is 0.164 e. The Bertz CT molecular complexity index is 326. The summed E-state index contributed by atoms with van der Waals surface area (Å²) in [4.78, 5) is 0. The Morgan fingerprint density at radius 3 is 2.13 bits per heavy atom.